The standard InChI is InChI=1S/2C3H3N3O3.Na.H/c2*7-1-4-2(8)6-3(9)5-1;;/h2*(H3,4,5,6,7,8,9);;. The van der Waals surface area contributed by atoms with Gasteiger partial charge in [0.1, 0.15) is 0 Å². The molecule has 2 aromatic heterocycles. The van der Waals surface area contributed by atoms with E-state index in [1.54, 1.807) is 29.9 Å². The summed E-state index contributed by atoms with van der Waals surface area (Å²) in [5, 5.41) is 0. The van der Waals surface area contributed by atoms with Gasteiger partial charge < -0.3 is 0 Å². The average molecular weight is 282 g/mol. The molecule has 0 saturated heterocycles. The SMILES string of the molecule is O=c1[nH]c(=O)[nH]c(=O)[nH]1.O=c1[nH]c(=O)[nH]c(=O)[nH]1.[NaH]. The normalized spacial score (nSPS) is 8.84. The van der Waals surface area contributed by atoms with Gasteiger partial charge >= 0.3 is 63.7 Å². The van der Waals surface area contributed by atoms with Crippen LogP contribution in [-0.2, 0) is 0 Å². The molecule has 0 saturated carbocycles. The molecule has 0 aliphatic carbocycles. The van der Waals surface area contributed by atoms with Crippen molar-refractivity contribution in [1.82, 2.24) is 29.9 Å². The zero-order chi connectivity index (χ0) is 13.7. The fourth-order valence-electron chi connectivity index (χ4n) is 0.806. The third-order valence-corrected chi connectivity index (χ3v) is 1.36. The number of rotatable bonds is 0. The van der Waals surface area contributed by atoms with Crippen LogP contribution in [0.25, 0.3) is 0 Å². The first-order valence-electron chi connectivity index (χ1n) is 4.22. The quantitative estimate of drug-likeness (QED) is 0.261. The molecular formula is C6H7N6NaO6. The van der Waals surface area contributed by atoms with Gasteiger partial charge in [-0.15, -0.1) is 0 Å². The monoisotopic (exact) mass is 282 g/mol. The van der Waals surface area contributed by atoms with E-state index in [-0.39, 0.29) is 29.6 Å². The summed E-state index contributed by atoms with van der Waals surface area (Å²) < 4.78 is 0. The molecule has 98 valence electrons. The fourth-order valence-corrected chi connectivity index (χ4v) is 0.806. The van der Waals surface area contributed by atoms with Crippen molar-refractivity contribution in [2.75, 3.05) is 0 Å². The second-order valence-corrected chi connectivity index (χ2v) is 2.72. The van der Waals surface area contributed by atoms with Crippen LogP contribution in [0.4, 0.5) is 0 Å². The Morgan fingerprint density at radius 2 is 0.474 bits per heavy atom. The van der Waals surface area contributed by atoms with Gasteiger partial charge in [0.25, 0.3) is 0 Å². The first-order chi connectivity index (χ1) is 8.36. The number of aromatic nitrogens is 6. The molecule has 0 amide bonds. The Balaban J connectivity index is 0.000000324. The van der Waals surface area contributed by atoms with Crippen LogP contribution in [0, 0.1) is 0 Å². The Morgan fingerprint density at radius 3 is 0.579 bits per heavy atom. The molecule has 2 heterocycles. The second kappa shape index (κ2) is 7.30. The molecule has 0 aliphatic heterocycles. The molecule has 0 aromatic carbocycles. The van der Waals surface area contributed by atoms with Crippen LogP contribution in [0.5, 0.6) is 0 Å². The zero-order valence-corrected chi connectivity index (χ0v) is 8.45. The molecule has 0 atom stereocenters. The summed E-state index contributed by atoms with van der Waals surface area (Å²) in [6.45, 7) is 0. The molecular weight excluding hydrogens is 275 g/mol. The Kier molecular flexibility index (Phi) is 6.46. The van der Waals surface area contributed by atoms with Crippen molar-refractivity contribution in [3.63, 3.8) is 0 Å². The zero-order valence-electron chi connectivity index (χ0n) is 8.45. The Hall–Kier alpha value is -2.18. The molecule has 0 fully saturated rings. The van der Waals surface area contributed by atoms with Gasteiger partial charge in [-0.3, -0.25) is 29.9 Å². The van der Waals surface area contributed by atoms with Crippen molar-refractivity contribution in [2.45, 2.75) is 0 Å². The van der Waals surface area contributed by atoms with Crippen LogP contribution in [0.1, 0.15) is 0 Å². The van der Waals surface area contributed by atoms with E-state index in [1.807, 2.05) is 0 Å². The average Bonchev–Trinajstić information content (AvgIpc) is 2.12. The molecule has 2 rings (SSSR count). The number of aromatic amines is 6. The molecule has 2 aromatic rings. The summed E-state index contributed by atoms with van der Waals surface area (Å²) in [5.41, 5.74) is -4.81. The summed E-state index contributed by atoms with van der Waals surface area (Å²) in [6, 6.07) is 0. The van der Waals surface area contributed by atoms with Gasteiger partial charge in [-0.1, -0.05) is 0 Å². The van der Waals surface area contributed by atoms with Crippen LogP contribution in [0.2, 0.25) is 0 Å². The summed E-state index contributed by atoms with van der Waals surface area (Å²) in [7, 11) is 0. The van der Waals surface area contributed by atoms with Gasteiger partial charge in [0, 0.05) is 0 Å². The van der Waals surface area contributed by atoms with Crippen LogP contribution in [0.3, 0.4) is 0 Å². The summed E-state index contributed by atoms with van der Waals surface area (Å²) in [5.74, 6) is 0. The topological polar surface area (TPSA) is 197 Å². The van der Waals surface area contributed by atoms with Crippen LogP contribution < -0.4 is 34.1 Å². The van der Waals surface area contributed by atoms with E-state index >= 15 is 0 Å². The second-order valence-electron chi connectivity index (χ2n) is 2.72. The van der Waals surface area contributed by atoms with E-state index in [0.717, 1.165) is 0 Å². The molecule has 12 nitrogen and oxygen atoms in total. The first-order valence-corrected chi connectivity index (χ1v) is 4.22. The van der Waals surface area contributed by atoms with E-state index in [0.29, 0.717) is 0 Å². The van der Waals surface area contributed by atoms with Crippen molar-refractivity contribution >= 4 is 29.6 Å². The Labute approximate surface area is 122 Å². The van der Waals surface area contributed by atoms with Crippen LogP contribution in [0.15, 0.2) is 28.8 Å². The molecule has 6 N–H and O–H groups in total. The van der Waals surface area contributed by atoms with Crippen molar-refractivity contribution in [3.05, 3.63) is 62.9 Å². The van der Waals surface area contributed by atoms with E-state index < -0.39 is 34.1 Å². The maximum atomic E-state index is 10.2. The predicted octanol–water partition coefficient (Wildman–Crippen LogP) is -5.15. The van der Waals surface area contributed by atoms with Gasteiger partial charge in [0.05, 0.1) is 0 Å². The number of hydrogen-bond donors (Lipinski definition) is 6. The van der Waals surface area contributed by atoms with Crippen molar-refractivity contribution in [3.8, 4) is 0 Å². The molecule has 0 aliphatic rings. The minimum absolute atomic E-state index is 0. The molecule has 0 unspecified atom stereocenters. The Morgan fingerprint density at radius 1 is 0.368 bits per heavy atom. The number of H-pyrrole nitrogens is 6. The molecule has 19 heavy (non-hydrogen) atoms. The molecule has 0 radical (unpaired) electrons. The van der Waals surface area contributed by atoms with Crippen molar-refractivity contribution in [2.24, 2.45) is 0 Å². The number of nitrogens with one attached hydrogen (secondary N) is 6. The van der Waals surface area contributed by atoms with Crippen molar-refractivity contribution in [1.29, 1.82) is 0 Å². The van der Waals surface area contributed by atoms with E-state index in [4.69, 9.17) is 0 Å². The third-order valence-electron chi connectivity index (χ3n) is 1.36. The fraction of sp³-hybridized carbons (Fsp3) is 0. The first kappa shape index (κ1) is 16.8. The minimum atomic E-state index is -0.802. The Bertz CT molecular complexity index is 633. The number of hydrogen-bond acceptors (Lipinski definition) is 6. The summed E-state index contributed by atoms with van der Waals surface area (Å²) in [4.78, 5) is 71.8. The van der Waals surface area contributed by atoms with E-state index in [1.165, 1.54) is 0 Å². The molecule has 13 heteroatoms. The summed E-state index contributed by atoms with van der Waals surface area (Å²) in [6.07, 6.45) is 0. The van der Waals surface area contributed by atoms with Gasteiger partial charge in [0.2, 0.25) is 0 Å². The predicted molar refractivity (Wildman–Crippen MR) is 63.8 cm³/mol. The van der Waals surface area contributed by atoms with E-state index in [9.17, 15) is 28.8 Å². The van der Waals surface area contributed by atoms with Crippen LogP contribution in [-0.4, -0.2) is 59.5 Å². The summed E-state index contributed by atoms with van der Waals surface area (Å²) >= 11 is 0. The van der Waals surface area contributed by atoms with Gasteiger partial charge in [-0.2, -0.15) is 0 Å². The molecule has 0 spiro atoms. The van der Waals surface area contributed by atoms with E-state index in [2.05, 4.69) is 0 Å². The third kappa shape index (κ3) is 6.35. The van der Waals surface area contributed by atoms with Crippen LogP contribution >= 0.6 is 0 Å². The van der Waals surface area contributed by atoms with Gasteiger partial charge in [-0.25, -0.2) is 28.8 Å². The molecule has 0 bridgehead atoms. The maximum absolute atomic E-state index is 10.2. The van der Waals surface area contributed by atoms with Crippen molar-refractivity contribution < 1.29 is 0 Å². The van der Waals surface area contributed by atoms with Gasteiger partial charge in [0.15, 0.2) is 0 Å². The van der Waals surface area contributed by atoms with Gasteiger partial charge in [-0.05, 0) is 0 Å².